The van der Waals surface area contributed by atoms with E-state index in [0.29, 0.717) is 10.9 Å². The molecule has 6 heteroatoms. The van der Waals surface area contributed by atoms with Crippen LogP contribution in [0, 0.1) is 0 Å². The van der Waals surface area contributed by atoms with Crippen LogP contribution < -0.4 is 5.32 Å². The highest BCUT2D eigenvalue weighted by Gasteiger charge is 2.04. The van der Waals surface area contributed by atoms with E-state index in [1.807, 2.05) is 5.38 Å². The number of hydrogen-bond donors (Lipinski definition) is 2. The van der Waals surface area contributed by atoms with E-state index in [1.165, 1.54) is 29.7 Å². The fourth-order valence-corrected chi connectivity index (χ4v) is 1.56. The first-order chi connectivity index (χ1) is 7.25. The van der Waals surface area contributed by atoms with Crippen molar-refractivity contribution in [3.8, 4) is 0 Å². The Morgan fingerprint density at radius 3 is 2.93 bits per heavy atom. The van der Waals surface area contributed by atoms with Gasteiger partial charge in [-0.2, -0.15) is 0 Å². The number of hydrogen-bond acceptors (Lipinski definition) is 5. The molecule has 0 radical (unpaired) electrons. The fourth-order valence-electron chi connectivity index (χ4n) is 1.03. The summed E-state index contributed by atoms with van der Waals surface area (Å²) in [4.78, 5) is 18.7. The molecule has 2 aromatic heterocycles. The molecule has 2 heterocycles. The van der Waals surface area contributed by atoms with Crippen molar-refractivity contribution < 1.29 is 9.90 Å². The number of carboxylic acids is 1. The molecule has 0 saturated heterocycles. The molecule has 0 atom stereocenters. The van der Waals surface area contributed by atoms with Gasteiger partial charge in [0.05, 0.1) is 5.56 Å². The zero-order valence-electron chi connectivity index (χ0n) is 7.54. The van der Waals surface area contributed by atoms with Gasteiger partial charge in [-0.25, -0.2) is 14.8 Å². The summed E-state index contributed by atoms with van der Waals surface area (Å²) in [6.07, 6.45) is 3.10. The highest BCUT2D eigenvalue weighted by Crippen LogP contribution is 2.17. The number of aromatic nitrogens is 2. The number of pyridine rings is 1. The lowest BCUT2D eigenvalue weighted by Gasteiger charge is -2.01. The molecule has 76 valence electrons. The zero-order chi connectivity index (χ0) is 10.7. The van der Waals surface area contributed by atoms with Gasteiger partial charge in [0.15, 0.2) is 5.13 Å². The van der Waals surface area contributed by atoms with E-state index < -0.39 is 5.97 Å². The molecule has 0 aliphatic carbocycles. The summed E-state index contributed by atoms with van der Waals surface area (Å²) in [5, 5.41) is 14.2. The molecule has 0 fully saturated rings. The van der Waals surface area contributed by atoms with E-state index in [4.69, 9.17) is 5.11 Å². The van der Waals surface area contributed by atoms with Crippen LogP contribution in [0.15, 0.2) is 29.9 Å². The van der Waals surface area contributed by atoms with Gasteiger partial charge < -0.3 is 10.4 Å². The Morgan fingerprint density at radius 2 is 2.27 bits per heavy atom. The third-order valence-corrected chi connectivity index (χ3v) is 2.36. The number of nitrogens with one attached hydrogen (secondary N) is 1. The summed E-state index contributed by atoms with van der Waals surface area (Å²) in [5.41, 5.74) is 0.198. The van der Waals surface area contributed by atoms with Crippen molar-refractivity contribution in [3.63, 3.8) is 0 Å². The van der Waals surface area contributed by atoms with Crippen LogP contribution in [0.25, 0.3) is 0 Å². The second-order valence-corrected chi connectivity index (χ2v) is 3.59. The van der Waals surface area contributed by atoms with Crippen molar-refractivity contribution in [3.05, 3.63) is 35.5 Å². The summed E-state index contributed by atoms with van der Waals surface area (Å²) in [6, 6.07) is 2.90. The first-order valence-corrected chi connectivity index (χ1v) is 4.99. The maximum atomic E-state index is 10.7. The van der Waals surface area contributed by atoms with Crippen molar-refractivity contribution in [1.29, 1.82) is 0 Å². The number of rotatable bonds is 3. The molecule has 2 N–H and O–H groups in total. The summed E-state index contributed by atoms with van der Waals surface area (Å²) >= 11 is 1.42. The molecule has 0 spiro atoms. The van der Waals surface area contributed by atoms with E-state index in [9.17, 15) is 4.79 Å². The highest BCUT2D eigenvalue weighted by molar-refractivity contribution is 7.13. The van der Waals surface area contributed by atoms with Crippen molar-refractivity contribution >= 4 is 28.3 Å². The highest BCUT2D eigenvalue weighted by atomic mass is 32.1. The van der Waals surface area contributed by atoms with Crippen LogP contribution in [0.2, 0.25) is 0 Å². The summed E-state index contributed by atoms with van der Waals surface area (Å²) < 4.78 is 0. The maximum absolute atomic E-state index is 10.7. The monoisotopic (exact) mass is 221 g/mol. The first-order valence-electron chi connectivity index (χ1n) is 4.11. The van der Waals surface area contributed by atoms with Crippen LogP contribution in [-0.2, 0) is 0 Å². The lowest BCUT2D eigenvalue weighted by Crippen LogP contribution is -1.99. The Morgan fingerprint density at radius 1 is 1.40 bits per heavy atom. The van der Waals surface area contributed by atoms with E-state index >= 15 is 0 Å². The summed E-state index contributed by atoms with van der Waals surface area (Å²) in [6.45, 7) is 0. The van der Waals surface area contributed by atoms with Gasteiger partial charge in [-0.15, -0.1) is 11.3 Å². The number of carboxylic acid groups (broad SMARTS) is 1. The molecule has 0 amide bonds. The normalized spacial score (nSPS) is 9.87. The third kappa shape index (κ3) is 2.29. The average Bonchev–Trinajstić information content (AvgIpc) is 2.71. The average molecular weight is 221 g/mol. The SMILES string of the molecule is O=C(O)c1ccnc(Nc2nccs2)c1. The smallest absolute Gasteiger partial charge is 0.335 e. The molecule has 0 aromatic carbocycles. The van der Waals surface area contributed by atoms with Gasteiger partial charge in [0, 0.05) is 17.8 Å². The van der Waals surface area contributed by atoms with Gasteiger partial charge in [0.1, 0.15) is 5.82 Å². The van der Waals surface area contributed by atoms with Crippen LogP contribution in [0.3, 0.4) is 0 Å². The van der Waals surface area contributed by atoms with Gasteiger partial charge in [-0.3, -0.25) is 0 Å². The fraction of sp³-hybridized carbons (Fsp3) is 0. The Balaban J connectivity index is 2.22. The molecule has 15 heavy (non-hydrogen) atoms. The number of carbonyl (C=O) groups is 1. The Kier molecular flexibility index (Phi) is 2.59. The van der Waals surface area contributed by atoms with Crippen LogP contribution in [0.1, 0.15) is 10.4 Å². The zero-order valence-corrected chi connectivity index (χ0v) is 8.36. The van der Waals surface area contributed by atoms with E-state index in [-0.39, 0.29) is 5.56 Å². The number of aromatic carboxylic acids is 1. The number of thiazole rings is 1. The summed E-state index contributed by atoms with van der Waals surface area (Å²) in [7, 11) is 0. The quantitative estimate of drug-likeness (QED) is 0.828. The minimum Gasteiger partial charge on any atom is -0.478 e. The van der Waals surface area contributed by atoms with Gasteiger partial charge in [-0.05, 0) is 12.1 Å². The predicted molar refractivity (Wildman–Crippen MR) is 56.6 cm³/mol. The second kappa shape index (κ2) is 4.05. The van der Waals surface area contributed by atoms with Gasteiger partial charge in [-0.1, -0.05) is 0 Å². The molecular weight excluding hydrogens is 214 g/mol. The van der Waals surface area contributed by atoms with E-state index in [1.54, 1.807) is 6.20 Å². The van der Waals surface area contributed by atoms with Crippen molar-refractivity contribution in [2.45, 2.75) is 0 Å². The van der Waals surface area contributed by atoms with Gasteiger partial charge >= 0.3 is 5.97 Å². The lowest BCUT2D eigenvalue weighted by molar-refractivity contribution is 0.0697. The van der Waals surface area contributed by atoms with Crippen LogP contribution in [0.4, 0.5) is 10.9 Å². The lowest BCUT2D eigenvalue weighted by atomic mass is 10.3. The molecule has 0 bridgehead atoms. The molecule has 2 aromatic rings. The molecule has 2 rings (SSSR count). The minimum atomic E-state index is -0.973. The number of anilines is 2. The van der Waals surface area contributed by atoms with E-state index in [0.717, 1.165) is 0 Å². The molecule has 0 aliphatic heterocycles. The molecule has 5 nitrogen and oxygen atoms in total. The third-order valence-electron chi connectivity index (χ3n) is 1.67. The minimum absolute atomic E-state index is 0.198. The Hall–Kier alpha value is -1.95. The number of nitrogens with zero attached hydrogens (tertiary/aromatic N) is 2. The molecular formula is C9H7N3O2S. The topological polar surface area (TPSA) is 75.1 Å². The van der Waals surface area contributed by atoms with Gasteiger partial charge in [0.2, 0.25) is 0 Å². The second-order valence-electron chi connectivity index (χ2n) is 2.70. The van der Waals surface area contributed by atoms with Crippen molar-refractivity contribution in [1.82, 2.24) is 9.97 Å². The molecule has 0 saturated carbocycles. The van der Waals surface area contributed by atoms with Gasteiger partial charge in [0.25, 0.3) is 0 Å². The van der Waals surface area contributed by atoms with Crippen LogP contribution in [0.5, 0.6) is 0 Å². The Bertz CT molecular complexity index is 470. The van der Waals surface area contributed by atoms with Crippen LogP contribution in [-0.4, -0.2) is 21.0 Å². The standard InChI is InChI=1S/C9H7N3O2S/c13-8(14)6-1-2-10-7(5-6)12-9-11-3-4-15-9/h1-5H,(H,13,14)(H,10,11,12). The first kappa shape index (κ1) is 9.60. The molecule has 0 aliphatic rings. The molecule has 0 unspecified atom stereocenters. The largest absolute Gasteiger partial charge is 0.478 e. The van der Waals surface area contributed by atoms with Crippen LogP contribution >= 0.6 is 11.3 Å². The van der Waals surface area contributed by atoms with E-state index in [2.05, 4.69) is 15.3 Å². The summed E-state index contributed by atoms with van der Waals surface area (Å²) in [5.74, 6) is -0.496. The predicted octanol–water partition coefficient (Wildman–Crippen LogP) is 1.98. The van der Waals surface area contributed by atoms with Crippen molar-refractivity contribution in [2.24, 2.45) is 0 Å². The Labute approximate surface area is 89.4 Å². The van der Waals surface area contributed by atoms with Crippen molar-refractivity contribution in [2.75, 3.05) is 5.32 Å². The maximum Gasteiger partial charge on any atom is 0.335 e.